The SMILES string of the molecule is CN(C)c1ccc(NC(=O)c2cccc(F)c2)cc1CN(Cc1ccco1)C(=O)C(C)(C)C. The molecule has 0 fully saturated rings. The number of nitrogens with one attached hydrogen (secondary N) is 1. The Hall–Kier alpha value is -3.61. The molecular weight excluding hydrogens is 421 g/mol. The molecule has 2 amide bonds. The number of halogens is 1. The first kappa shape index (κ1) is 24.0. The highest BCUT2D eigenvalue weighted by Gasteiger charge is 2.28. The van der Waals surface area contributed by atoms with Crippen molar-refractivity contribution in [2.75, 3.05) is 24.3 Å². The van der Waals surface area contributed by atoms with Gasteiger partial charge in [-0.15, -0.1) is 0 Å². The minimum Gasteiger partial charge on any atom is -0.467 e. The number of hydrogen-bond donors (Lipinski definition) is 1. The molecule has 0 bridgehead atoms. The summed E-state index contributed by atoms with van der Waals surface area (Å²) in [6.07, 6.45) is 1.59. The van der Waals surface area contributed by atoms with E-state index in [2.05, 4.69) is 5.32 Å². The Bertz CT molecular complexity index is 1120. The van der Waals surface area contributed by atoms with Crippen molar-refractivity contribution in [2.24, 2.45) is 5.41 Å². The highest BCUT2D eigenvalue weighted by Crippen LogP contribution is 2.28. The van der Waals surface area contributed by atoms with Gasteiger partial charge >= 0.3 is 0 Å². The highest BCUT2D eigenvalue weighted by atomic mass is 19.1. The van der Waals surface area contributed by atoms with Crippen molar-refractivity contribution >= 4 is 23.2 Å². The van der Waals surface area contributed by atoms with E-state index in [-0.39, 0.29) is 11.5 Å². The smallest absolute Gasteiger partial charge is 0.255 e. The van der Waals surface area contributed by atoms with E-state index in [1.165, 1.54) is 18.2 Å². The Kier molecular flexibility index (Phi) is 7.21. The fourth-order valence-electron chi connectivity index (χ4n) is 3.53. The number of rotatable bonds is 7. The van der Waals surface area contributed by atoms with Crippen LogP contribution in [0.5, 0.6) is 0 Å². The fourth-order valence-corrected chi connectivity index (χ4v) is 3.53. The third-order valence-corrected chi connectivity index (χ3v) is 5.12. The van der Waals surface area contributed by atoms with Gasteiger partial charge in [-0.05, 0) is 54.1 Å². The third-order valence-electron chi connectivity index (χ3n) is 5.12. The average Bonchev–Trinajstić information content (AvgIpc) is 3.25. The lowest BCUT2D eigenvalue weighted by molar-refractivity contribution is -0.141. The second kappa shape index (κ2) is 9.90. The van der Waals surface area contributed by atoms with Crippen LogP contribution >= 0.6 is 0 Å². The fraction of sp³-hybridized carbons (Fsp3) is 0.308. The number of anilines is 2. The van der Waals surface area contributed by atoms with E-state index in [1.807, 2.05) is 58.0 Å². The standard InChI is InChI=1S/C26H30FN3O3/c1-26(2,3)25(32)30(17-22-10-7-13-33-22)16-19-15-21(11-12-23(19)29(4)5)28-24(31)18-8-6-9-20(27)14-18/h6-15H,16-17H2,1-5H3,(H,28,31). The largest absolute Gasteiger partial charge is 0.467 e. The molecule has 0 aliphatic heterocycles. The Morgan fingerprint density at radius 3 is 2.36 bits per heavy atom. The quantitative estimate of drug-likeness (QED) is 0.529. The Labute approximate surface area is 194 Å². The summed E-state index contributed by atoms with van der Waals surface area (Å²) in [5.74, 6) is -0.204. The summed E-state index contributed by atoms with van der Waals surface area (Å²) in [4.78, 5) is 29.5. The lowest BCUT2D eigenvalue weighted by Gasteiger charge is -2.30. The molecule has 0 radical (unpaired) electrons. The summed E-state index contributed by atoms with van der Waals surface area (Å²) in [5.41, 5.74) is 2.00. The van der Waals surface area contributed by atoms with Crippen molar-refractivity contribution in [3.05, 3.63) is 83.6 Å². The number of carbonyl (C=O) groups is 2. The van der Waals surface area contributed by atoms with Crippen molar-refractivity contribution in [1.29, 1.82) is 0 Å². The van der Waals surface area contributed by atoms with Gasteiger partial charge in [0.1, 0.15) is 11.6 Å². The molecule has 0 saturated heterocycles. The van der Waals surface area contributed by atoms with Gasteiger partial charge in [-0.3, -0.25) is 9.59 Å². The van der Waals surface area contributed by atoms with Gasteiger partial charge in [-0.1, -0.05) is 26.8 Å². The summed E-state index contributed by atoms with van der Waals surface area (Å²) in [5, 5.41) is 2.82. The molecule has 3 rings (SSSR count). The first-order chi connectivity index (χ1) is 15.5. The molecule has 0 unspecified atom stereocenters. The number of furan rings is 1. The molecule has 33 heavy (non-hydrogen) atoms. The second-order valence-corrected chi connectivity index (χ2v) is 9.19. The molecule has 1 aromatic heterocycles. The molecular formula is C26H30FN3O3. The number of hydrogen-bond acceptors (Lipinski definition) is 4. The van der Waals surface area contributed by atoms with Crippen molar-refractivity contribution in [3.63, 3.8) is 0 Å². The van der Waals surface area contributed by atoms with Crippen LogP contribution in [-0.2, 0) is 17.9 Å². The van der Waals surface area contributed by atoms with Crippen LogP contribution in [0.15, 0.2) is 65.3 Å². The topological polar surface area (TPSA) is 65.8 Å². The monoisotopic (exact) mass is 451 g/mol. The molecule has 6 nitrogen and oxygen atoms in total. The minimum atomic E-state index is -0.575. The lowest BCUT2D eigenvalue weighted by atomic mass is 9.94. The van der Waals surface area contributed by atoms with Crippen LogP contribution in [0.4, 0.5) is 15.8 Å². The first-order valence-electron chi connectivity index (χ1n) is 10.7. The molecule has 0 saturated carbocycles. The second-order valence-electron chi connectivity index (χ2n) is 9.19. The van der Waals surface area contributed by atoms with Gasteiger partial charge in [-0.25, -0.2) is 4.39 Å². The molecule has 0 atom stereocenters. The van der Waals surface area contributed by atoms with Crippen LogP contribution in [0.3, 0.4) is 0 Å². The average molecular weight is 452 g/mol. The van der Waals surface area contributed by atoms with Crippen LogP contribution in [0.1, 0.15) is 42.5 Å². The summed E-state index contributed by atoms with van der Waals surface area (Å²) < 4.78 is 19.0. The van der Waals surface area contributed by atoms with E-state index in [0.29, 0.717) is 24.5 Å². The summed E-state index contributed by atoms with van der Waals surface area (Å²) in [6.45, 7) is 6.30. The van der Waals surface area contributed by atoms with Crippen molar-refractivity contribution in [1.82, 2.24) is 4.90 Å². The molecule has 0 aliphatic carbocycles. The van der Waals surface area contributed by atoms with Gasteiger partial charge in [0, 0.05) is 43.0 Å². The summed E-state index contributed by atoms with van der Waals surface area (Å²) >= 11 is 0. The maximum atomic E-state index is 13.5. The van der Waals surface area contributed by atoms with Gasteiger partial charge in [0.2, 0.25) is 5.91 Å². The predicted molar refractivity (Wildman–Crippen MR) is 128 cm³/mol. The highest BCUT2D eigenvalue weighted by molar-refractivity contribution is 6.04. The molecule has 0 spiro atoms. The summed E-state index contributed by atoms with van der Waals surface area (Å²) in [7, 11) is 3.85. The summed E-state index contributed by atoms with van der Waals surface area (Å²) in [6, 6.07) is 14.7. The van der Waals surface area contributed by atoms with E-state index < -0.39 is 17.1 Å². The van der Waals surface area contributed by atoms with E-state index in [9.17, 15) is 14.0 Å². The van der Waals surface area contributed by atoms with Crippen molar-refractivity contribution in [3.8, 4) is 0 Å². The Balaban J connectivity index is 1.91. The maximum absolute atomic E-state index is 13.5. The van der Waals surface area contributed by atoms with Gasteiger partial charge < -0.3 is 19.5 Å². The Morgan fingerprint density at radius 2 is 1.76 bits per heavy atom. The van der Waals surface area contributed by atoms with E-state index in [1.54, 1.807) is 29.4 Å². The normalized spacial score (nSPS) is 11.2. The molecule has 2 aromatic carbocycles. The number of amides is 2. The van der Waals surface area contributed by atoms with Gasteiger partial charge in [0.05, 0.1) is 12.8 Å². The van der Waals surface area contributed by atoms with Crippen LogP contribution in [0.25, 0.3) is 0 Å². The van der Waals surface area contributed by atoms with Crippen molar-refractivity contribution in [2.45, 2.75) is 33.9 Å². The van der Waals surface area contributed by atoms with Crippen LogP contribution < -0.4 is 10.2 Å². The zero-order valence-corrected chi connectivity index (χ0v) is 19.7. The predicted octanol–water partition coefficient (Wildman–Crippen LogP) is 5.31. The van der Waals surface area contributed by atoms with E-state index >= 15 is 0 Å². The zero-order chi connectivity index (χ0) is 24.2. The molecule has 1 N–H and O–H groups in total. The van der Waals surface area contributed by atoms with Gasteiger partial charge in [0.15, 0.2) is 0 Å². The molecule has 7 heteroatoms. The number of nitrogens with zero attached hydrogens (tertiary/aromatic N) is 2. The molecule has 1 heterocycles. The Morgan fingerprint density at radius 1 is 1.00 bits per heavy atom. The van der Waals surface area contributed by atoms with Gasteiger partial charge in [-0.2, -0.15) is 0 Å². The van der Waals surface area contributed by atoms with Crippen LogP contribution in [0.2, 0.25) is 0 Å². The van der Waals surface area contributed by atoms with E-state index in [4.69, 9.17) is 4.42 Å². The van der Waals surface area contributed by atoms with Gasteiger partial charge in [0.25, 0.3) is 5.91 Å². The zero-order valence-electron chi connectivity index (χ0n) is 19.7. The van der Waals surface area contributed by atoms with E-state index in [0.717, 1.165) is 11.3 Å². The molecule has 3 aromatic rings. The number of benzene rings is 2. The number of carbonyl (C=O) groups excluding carboxylic acids is 2. The first-order valence-corrected chi connectivity index (χ1v) is 10.7. The minimum absolute atomic E-state index is 0.0159. The third kappa shape index (κ3) is 6.22. The lowest BCUT2D eigenvalue weighted by Crippen LogP contribution is -2.38. The van der Waals surface area contributed by atoms with Crippen LogP contribution in [-0.4, -0.2) is 30.8 Å². The van der Waals surface area contributed by atoms with Crippen LogP contribution in [0, 0.1) is 11.2 Å². The molecule has 0 aliphatic rings. The van der Waals surface area contributed by atoms with Crippen molar-refractivity contribution < 1.29 is 18.4 Å². The maximum Gasteiger partial charge on any atom is 0.255 e. The molecule has 174 valence electrons.